The fraction of sp³-hybridized carbons (Fsp3) is 0.429. The molecule has 0 amide bonds. The highest BCUT2D eigenvalue weighted by molar-refractivity contribution is 9.10. The number of nitrogens with one attached hydrogen (secondary N) is 2. The van der Waals surface area contributed by atoms with Gasteiger partial charge in [0, 0.05) is 22.3 Å². The van der Waals surface area contributed by atoms with Crippen LogP contribution in [0.15, 0.2) is 33.5 Å². The zero-order chi connectivity index (χ0) is 13.8. The highest BCUT2D eigenvalue weighted by Gasteiger charge is 2.13. The van der Waals surface area contributed by atoms with Gasteiger partial charge in [-0.15, -0.1) is 10.2 Å². The minimum absolute atomic E-state index is 0.544. The largest absolute Gasteiger partial charge is 0.423 e. The molecule has 2 aromatic rings. The van der Waals surface area contributed by atoms with Crippen LogP contribution in [0.25, 0.3) is 11.5 Å². The zero-order valence-electron chi connectivity index (χ0n) is 11.1. The molecule has 1 fully saturated rings. The highest BCUT2D eigenvalue weighted by atomic mass is 79.9. The summed E-state index contributed by atoms with van der Waals surface area (Å²) < 4.78 is 6.29. The number of aromatic nitrogens is 2. The smallest absolute Gasteiger partial charge is 0.247 e. The third-order valence-corrected chi connectivity index (χ3v) is 4.30. The van der Waals surface area contributed by atoms with Crippen molar-refractivity contribution < 1.29 is 4.42 Å². The summed E-state index contributed by atoms with van der Waals surface area (Å²) in [4.78, 5) is 0. The number of hydrogen-bond acceptors (Lipinski definition) is 5. The summed E-state index contributed by atoms with van der Waals surface area (Å²) >= 11 is 3.58. The lowest BCUT2D eigenvalue weighted by Crippen LogP contribution is -2.31. The van der Waals surface area contributed by atoms with Crippen molar-refractivity contribution in [3.05, 3.63) is 29.1 Å². The molecule has 0 radical (unpaired) electrons. The average Bonchev–Trinajstić information content (AvgIpc) is 3.02. The Morgan fingerprint density at radius 2 is 2.20 bits per heavy atom. The normalized spacial score (nSPS) is 16.2. The monoisotopic (exact) mass is 336 g/mol. The van der Waals surface area contributed by atoms with Crippen molar-refractivity contribution >= 4 is 21.6 Å². The van der Waals surface area contributed by atoms with Gasteiger partial charge in [-0.1, -0.05) is 0 Å². The lowest BCUT2D eigenvalue weighted by atomic mass is 9.98. The molecule has 1 aliphatic rings. The topological polar surface area (TPSA) is 63.0 Å². The van der Waals surface area contributed by atoms with Gasteiger partial charge in [-0.3, -0.25) is 0 Å². The molecule has 1 saturated heterocycles. The lowest BCUT2D eigenvalue weighted by molar-refractivity contribution is 0.390. The lowest BCUT2D eigenvalue weighted by Gasteiger charge is -2.23. The number of hydrogen-bond donors (Lipinski definition) is 2. The fourth-order valence-electron chi connectivity index (χ4n) is 2.43. The molecule has 106 valence electrons. The molecule has 0 aliphatic carbocycles. The van der Waals surface area contributed by atoms with Crippen LogP contribution in [0.2, 0.25) is 0 Å². The maximum Gasteiger partial charge on any atom is 0.247 e. The van der Waals surface area contributed by atoms with Crippen molar-refractivity contribution in [1.29, 1.82) is 0 Å². The van der Waals surface area contributed by atoms with E-state index in [4.69, 9.17) is 4.42 Å². The highest BCUT2D eigenvalue weighted by Crippen LogP contribution is 2.28. The van der Waals surface area contributed by atoms with Gasteiger partial charge in [0.2, 0.25) is 12.3 Å². The molecule has 2 heterocycles. The predicted molar refractivity (Wildman–Crippen MR) is 81.5 cm³/mol. The van der Waals surface area contributed by atoms with Crippen LogP contribution in [0.1, 0.15) is 12.8 Å². The molecule has 0 spiro atoms. The number of piperidine rings is 1. The first kappa shape index (κ1) is 13.6. The molecule has 5 nitrogen and oxygen atoms in total. The van der Waals surface area contributed by atoms with E-state index in [2.05, 4.69) is 36.8 Å². The van der Waals surface area contributed by atoms with Crippen LogP contribution in [0.5, 0.6) is 0 Å². The second-order valence-electron chi connectivity index (χ2n) is 5.01. The number of halogens is 1. The van der Waals surface area contributed by atoms with Crippen molar-refractivity contribution in [1.82, 2.24) is 15.5 Å². The number of nitrogens with zero attached hydrogens (tertiary/aromatic N) is 2. The molecule has 20 heavy (non-hydrogen) atoms. The first-order valence-corrected chi connectivity index (χ1v) is 7.63. The van der Waals surface area contributed by atoms with Crippen LogP contribution in [0, 0.1) is 5.92 Å². The van der Waals surface area contributed by atoms with Gasteiger partial charge in [-0.25, -0.2) is 0 Å². The Labute approximate surface area is 126 Å². The van der Waals surface area contributed by atoms with Gasteiger partial charge in [0.15, 0.2) is 0 Å². The van der Waals surface area contributed by atoms with E-state index in [-0.39, 0.29) is 0 Å². The Bertz CT molecular complexity index is 552. The van der Waals surface area contributed by atoms with E-state index in [9.17, 15) is 0 Å². The summed E-state index contributed by atoms with van der Waals surface area (Å²) in [6, 6.07) is 6.01. The van der Waals surface area contributed by atoms with E-state index in [1.165, 1.54) is 19.2 Å². The molecule has 6 heteroatoms. The van der Waals surface area contributed by atoms with Crippen molar-refractivity contribution in [2.75, 3.05) is 25.0 Å². The van der Waals surface area contributed by atoms with E-state index < -0.39 is 0 Å². The van der Waals surface area contributed by atoms with Gasteiger partial charge >= 0.3 is 0 Å². The summed E-state index contributed by atoms with van der Waals surface area (Å²) in [7, 11) is 0. The third kappa shape index (κ3) is 3.19. The molecule has 0 saturated carbocycles. The standard InChI is InChI=1S/C14H17BrN4O/c15-12-2-1-11(14-19-18-9-20-14)7-13(12)17-8-10-3-5-16-6-4-10/h1-2,7,9-10,16-17H,3-6,8H2. The maximum absolute atomic E-state index is 5.24. The zero-order valence-corrected chi connectivity index (χ0v) is 12.7. The van der Waals surface area contributed by atoms with E-state index in [0.29, 0.717) is 5.89 Å². The van der Waals surface area contributed by atoms with Crippen LogP contribution in [0.4, 0.5) is 5.69 Å². The van der Waals surface area contributed by atoms with Crippen molar-refractivity contribution in [2.24, 2.45) is 5.92 Å². The number of anilines is 1. The van der Waals surface area contributed by atoms with E-state index >= 15 is 0 Å². The molecule has 0 bridgehead atoms. The molecule has 1 aliphatic heterocycles. The van der Waals surface area contributed by atoms with E-state index in [1.54, 1.807) is 0 Å². The van der Waals surface area contributed by atoms with Gasteiger partial charge in [0.1, 0.15) is 0 Å². The SMILES string of the molecule is Brc1ccc(-c2nnco2)cc1NCC1CCNCC1. The molecular weight excluding hydrogens is 320 g/mol. The maximum atomic E-state index is 5.24. The number of rotatable bonds is 4. The van der Waals surface area contributed by atoms with E-state index in [1.807, 2.05) is 18.2 Å². The van der Waals surface area contributed by atoms with Gasteiger partial charge < -0.3 is 15.1 Å². The quantitative estimate of drug-likeness (QED) is 0.898. The summed E-state index contributed by atoms with van der Waals surface area (Å²) in [5, 5.41) is 14.6. The molecule has 1 aromatic carbocycles. The fourth-order valence-corrected chi connectivity index (χ4v) is 2.82. The summed E-state index contributed by atoms with van der Waals surface area (Å²) in [6.07, 6.45) is 3.81. The summed E-state index contributed by atoms with van der Waals surface area (Å²) in [5.74, 6) is 1.28. The van der Waals surface area contributed by atoms with Crippen molar-refractivity contribution in [2.45, 2.75) is 12.8 Å². The van der Waals surface area contributed by atoms with Gasteiger partial charge in [0.25, 0.3) is 0 Å². The minimum Gasteiger partial charge on any atom is -0.423 e. The van der Waals surface area contributed by atoms with Crippen LogP contribution in [0.3, 0.4) is 0 Å². The molecular formula is C14H17BrN4O. The average molecular weight is 337 g/mol. The molecule has 3 rings (SSSR count). The first-order chi connectivity index (χ1) is 9.83. The molecule has 1 aromatic heterocycles. The second-order valence-corrected chi connectivity index (χ2v) is 5.87. The Hall–Kier alpha value is -1.40. The Morgan fingerprint density at radius 1 is 1.35 bits per heavy atom. The Balaban J connectivity index is 1.70. The Morgan fingerprint density at radius 3 is 2.95 bits per heavy atom. The van der Waals surface area contributed by atoms with Crippen molar-refractivity contribution in [3.8, 4) is 11.5 Å². The predicted octanol–water partition coefficient (Wildman–Crippen LogP) is 2.91. The molecule has 0 atom stereocenters. The second kappa shape index (κ2) is 6.37. The van der Waals surface area contributed by atoms with Gasteiger partial charge in [-0.2, -0.15) is 0 Å². The van der Waals surface area contributed by atoms with Crippen LogP contribution in [-0.4, -0.2) is 29.8 Å². The van der Waals surface area contributed by atoms with Gasteiger partial charge in [-0.05, 0) is 66.0 Å². The third-order valence-electron chi connectivity index (χ3n) is 3.61. The van der Waals surface area contributed by atoms with Gasteiger partial charge in [0.05, 0.1) is 0 Å². The van der Waals surface area contributed by atoms with E-state index in [0.717, 1.165) is 41.3 Å². The van der Waals surface area contributed by atoms with Crippen LogP contribution < -0.4 is 10.6 Å². The van der Waals surface area contributed by atoms with Crippen LogP contribution >= 0.6 is 15.9 Å². The number of benzene rings is 1. The summed E-state index contributed by atoms with van der Waals surface area (Å²) in [5.41, 5.74) is 2.00. The first-order valence-electron chi connectivity index (χ1n) is 6.83. The van der Waals surface area contributed by atoms with Crippen molar-refractivity contribution in [3.63, 3.8) is 0 Å². The summed E-state index contributed by atoms with van der Waals surface area (Å²) in [6.45, 7) is 3.23. The minimum atomic E-state index is 0.544. The molecule has 0 unspecified atom stereocenters. The Kier molecular flexibility index (Phi) is 4.32. The molecule has 2 N–H and O–H groups in total. The van der Waals surface area contributed by atoms with Crippen LogP contribution in [-0.2, 0) is 0 Å².